The number of phenols is 2. The first-order valence-corrected chi connectivity index (χ1v) is 45.2. The van der Waals surface area contributed by atoms with Crippen LogP contribution in [0.15, 0.2) is 199 Å². The molecule has 22 aromatic rings. The SMILES string of the molecule is Cc1ccccc1-n1c(Cn2nc(-c3cc(O)cc(F)c3)c3c(N)ncnc32)nc2scc(C)c2c1=O.Cc1ccccc1-n1c(Cn2nc(-c3ccc(F)c(O)c3)c3c(N)ncnc32)nc2scc(C)c2c1=O.Cc1ccccc1-n1c(Cn2nc(C)c3c(N)ncnc32)nc2scc(C)c2c1=O.Cc1ccccc1-n1c(Cn2nc(Cl)c3c(N)ncnc32)nc2scc(C)c2c1=O. The number of aromatic hydroxyl groups is 2. The lowest BCUT2D eigenvalue weighted by molar-refractivity contribution is 0.432. The van der Waals surface area contributed by atoms with Crippen molar-refractivity contribution in [3.63, 3.8) is 0 Å². The molecule has 41 heteroatoms. The third-order valence-electron chi connectivity index (χ3n) is 22.8. The van der Waals surface area contributed by atoms with Crippen molar-refractivity contribution < 1.29 is 19.0 Å². The summed E-state index contributed by atoms with van der Waals surface area (Å²) >= 11 is 12.0. The number of benzene rings is 6. The van der Waals surface area contributed by atoms with Crippen molar-refractivity contribution in [2.24, 2.45) is 0 Å². The standard InChI is InChI=1S/2C26H20FN7O2S.C21H19N7OS.C20H16ClN7OS/c1-13-5-3-4-6-18(13)34-19(31-25-20(26(34)36)14(2)11-37-25)10-33-24-21(23(28)29-12-30-24)22(32-33)15-7-16(27)9-17(35)8-15;1-13-5-3-4-6-17(13)34-19(31-25-20(26(34)36)14(2)11-37-25)10-33-24-21(23(28)29-12-30-24)22(32-33)15-7-8-16(27)18(35)9-15;1-11-6-4-5-7-14(11)28-15(25-20-16(21(28)29)12(2)9-30-20)8-27-19-17(13(3)26-27)18(22)23-10-24-19;1-10-5-3-4-6-12(10)28-13(25-19-14(20(28)29)11(2)8-30-19)7-27-18-15(16(21)26-27)17(22)23-9-24-18/h2*3-9,11-12,35H,10H2,1-2H3,(H2,28,29,30);4-7,9-10H,8H2,1-3H3,(H2,22,23,24);3-6,8-9H,7H2,1-2H3,(H2,22,23,24). The van der Waals surface area contributed by atoms with Crippen LogP contribution in [0.4, 0.5) is 32.1 Å². The number of aryl methyl sites for hydroxylation is 9. The van der Waals surface area contributed by atoms with Gasteiger partial charge in [0.15, 0.2) is 39.3 Å². The van der Waals surface area contributed by atoms with Crippen LogP contribution in [-0.4, -0.2) is 127 Å². The van der Waals surface area contributed by atoms with E-state index < -0.39 is 17.4 Å². The molecular formula is C93H75ClF2N28O6S4. The highest BCUT2D eigenvalue weighted by Crippen LogP contribution is 2.38. The molecule has 0 bridgehead atoms. The molecule has 34 nitrogen and oxygen atoms in total. The van der Waals surface area contributed by atoms with Gasteiger partial charge in [-0.15, -0.1) is 45.3 Å². The second-order valence-electron chi connectivity index (χ2n) is 31.6. The molecule has 0 spiro atoms. The topological polar surface area (TPSA) is 458 Å². The first-order chi connectivity index (χ1) is 64.5. The quantitative estimate of drug-likeness (QED) is 0.0589. The number of nitrogen functional groups attached to an aromatic ring is 4. The molecule has 668 valence electrons. The lowest BCUT2D eigenvalue weighted by Crippen LogP contribution is -2.26. The highest BCUT2D eigenvalue weighted by atomic mass is 35.5. The van der Waals surface area contributed by atoms with Crippen LogP contribution < -0.4 is 45.2 Å². The highest BCUT2D eigenvalue weighted by molar-refractivity contribution is 7.17. The Hall–Kier alpha value is -16.2. The summed E-state index contributed by atoms with van der Waals surface area (Å²) in [5.74, 6) is 0.879. The lowest BCUT2D eigenvalue weighted by Gasteiger charge is -2.15. The summed E-state index contributed by atoms with van der Waals surface area (Å²) in [5, 5.41) is 50.7. The van der Waals surface area contributed by atoms with Crippen molar-refractivity contribution in [2.75, 3.05) is 22.9 Å². The summed E-state index contributed by atoms with van der Waals surface area (Å²) in [6.07, 6.45) is 5.43. The minimum atomic E-state index is -0.747. The molecular weight excluding hydrogens is 1810 g/mol. The van der Waals surface area contributed by atoms with Crippen LogP contribution in [0.25, 0.3) is 130 Å². The van der Waals surface area contributed by atoms with Gasteiger partial charge < -0.3 is 33.1 Å². The second-order valence-corrected chi connectivity index (χ2v) is 35.4. The number of hydrogen-bond donors (Lipinski definition) is 6. The van der Waals surface area contributed by atoms with Crippen molar-refractivity contribution in [2.45, 2.75) is 88.5 Å². The normalized spacial score (nSPS) is 11.6. The van der Waals surface area contributed by atoms with Crippen LogP contribution in [-0.2, 0) is 26.2 Å². The van der Waals surface area contributed by atoms with Crippen LogP contribution in [0.1, 0.15) is 73.5 Å². The minimum absolute atomic E-state index is 0.0741. The van der Waals surface area contributed by atoms with Crippen molar-refractivity contribution in [3.05, 3.63) is 312 Å². The molecule has 16 heterocycles. The van der Waals surface area contributed by atoms with E-state index in [1.165, 1.54) is 94.9 Å². The summed E-state index contributed by atoms with van der Waals surface area (Å²) in [4.78, 5) is 110. The van der Waals surface area contributed by atoms with Gasteiger partial charge in [-0.2, -0.15) is 20.4 Å². The number of anilines is 4. The average molecular weight is 1880 g/mol. The van der Waals surface area contributed by atoms with Gasteiger partial charge in [0.2, 0.25) is 0 Å². The number of thiophene rings is 4. The molecule has 0 aliphatic heterocycles. The van der Waals surface area contributed by atoms with E-state index in [4.69, 9.17) is 59.6 Å². The maximum absolute atomic E-state index is 14.1. The minimum Gasteiger partial charge on any atom is -0.508 e. The first kappa shape index (κ1) is 87.2. The Kier molecular flexibility index (Phi) is 22.7. The van der Waals surface area contributed by atoms with Gasteiger partial charge in [-0.1, -0.05) is 84.4 Å². The van der Waals surface area contributed by atoms with Crippen LogP contribution in [0.5, 0.6) is 11.5 Å². The van der Waals surface area contributed by atoms with Crippen molar-refractivity contribution in [1.82, 2.24) is 117 Å². The molecule has 0 radical (unpaired) electrons. The van der Waals surface area contributed by atoms with E-state index >= 15 is 0 Å². The summed E-state index contributed by atoms with van der Waals surface area (Å²) in [6.45, 7) is 18.0. The van der Waals surface area contributed by atoms with E-state index in [9.17, 15) is 38.2 Å². The van der Waals surface area contributed by atoms with Gasteiger partial charge in [-0.3, -0.25) is 37.4 Å². The predicted molar refractivity (Wildman–Crippen MR) is 518 cm³/mol. The van der Waals surface area contributed by atoms with E-state index in [1.807, 2.05) is 181 Å². The van der Waals surface area contributed by atoms with Crippen LogP contribution in [0.3, 0.4) is 0 Å². The Morgan fingerprint density at radius 2 is 0.657 bits per heavy atom. The number of hydrogen-bond acceptors (Lipinski definition) is 30. The maximum atomic E-state index is 14.1. The fraction of sp³-hybridized carbons (Fsp3) is 0.140. The van der Waals surface area contributed by atoms with Gasteiger partial charge in [0.1, 0.15) is 146 Å². The van der Waals surface area contributed by atoms with Crippen molar-refractivity contribution in [3.8, 4) is 56.8 Å². The van der Waals surface area contributed by atoms with Gasteiger partial charge in [-0.05, 0) is 183 Å². The largest absolute Gasteiger partial charge is 0.508 e. The predicted octanol–water partition coefficient (Wildman–Crippen LogP) is 15.3. The molecule has 0 saturated carbocycles. The number of nitrogens with two attached hydrogens (primary N) is 4. The Balaban J connectivity index is 0.000000116. The number of phenolic OH excluding ortho intramolecular Hbond substituents is 2. The number of halogens is 3. The molecule has 0 aliphatic carbocycles. The number of aromatic nitrogens is 24. The summed E-state index contributed by atoms with van der Waals surface area (Å²) in [5.41, 5.74) is 38.3. The molecule has 0 fully saturated rings. The van der Waals surface area contributed by atoms with E-state index in [-0.39, 0.29) is 76.8 Å². The molecule has 0 amide bonds. The molecule has 6 aromatic carbocycles. The van der Waals surface area contributed by atoms with Gasteiger partial charge in [0, 0.05) is 17.2 Å². The number of para-hydroxylation sites is 4. The van der Waals surface area contributed by atoms with E-state index in [0.29, 0.717) is 132 Å². The Bertz CT molecular complexity index is 8580. The molecule has 22 rings (SSSR count). The molecule has 0 aliphatic rings. The summed E-state index contributed by atoms with van der Waals surface area (Å²) in [7, 11) is 0. The Labute approximate surface area is 776 Å². The number of rotatable bonds is 14. The average Bonchev–Trinajstić information content (AvgIpc) is 1.40. The van der Waals surface area contributed by atoms with Crippen LogP contribution in [0, 0.1) is 73.9 Å². The second kappa shape index (κ2) is 34.9. The Morgan fingerprint density at radius 1 is 0.343 bits per heavy atom. The third kappa shape index (κ3) is 15.6. The van der Waals surface area contributed by atoms with Gasteiger partial charge in [0.25, 0.3) is 22.2 Å². The fourth-order valence-corrected chi connectivity index (χ4v) is 20.4. The van der Waals surface area contributed by atoms with E-state index in [1.54, 1.807) is 37.0 Å². The summed E-state index contributed by atoms with van der Waals surface area (Å²) in [6, 6.07) is 38.3. The van der Waals surface area contributed by atoms with Gasteiger partial charge in [0.05, 0.1) is 66.1 Å². The van der Waals surface area contributed by atoms with Gasteiger partial charge >= 0.3 is 0 Å². The first-order valence-electron chi connectivity index (χ1n) is 41.3. The molecule has 0 unspecified atom stereocenters. The zero-order chi connectivity index (χ0) is 93.7. The van der Waals surface area contributed by atoms with E-state index in [0.717, 1.165) is 89.6 Å². The smallest absolute Gasteiger partial charge is 0.267 e. The number of fused-ring (bicyclic) bond motifs is 8. The maximum Gasteiger partial charge on any atom is 0.267 e. The monoisotopic (exact) mass is 1880 g/mol. The lowest BCUT2D eigenvalue weighted by atomic mass is 10.1. The molecule has 134 heavy (non-hydrogen) atoms. The van der Waals surface area contributed by atoms with Crippen LogP contribution >= 0.6 is 56.9 Å². The van der Waals surface area contributed by atoms with Gasteiger partial charge in [-0.25, -0.2) is 87.3 Å². The molecule has 16 aromatic heterocycles. The summed E-state index contributed by atoms with van der Waals surface area (Å²) < 4.78 is 40.9. The van der Waals surface area contributed by atoms with Crippen LogP contribution in [0.2, 0.25) is 5.15 Å². The molecule has 0 saturated heterocycles. The zero-order valence-corrected chi connectivity index (χ0v) is 76.5. The highest BCUT2D eigenvalue weighted by Gasteiger charge is 2.29. The zero-order valence-electron chi connectivity index (χ0n) is 72.5. The molecule has 0 atom stereocenters. The van der Waals surface area contributed by atoms with E-state index in [2.05, 4.69) is 55.2 Å². The van der Waals surface area contributed by atoms with Crippen molar-refractivity contribution >= 4 is 165 Å². The Morgan fingerprint density at radius 3 is 1.01 bits per heavy atom. The van der Waals surface area contributed by atoms with Crippen molar-refractivity contribution in [1.29, 1.82) is 0 Å². The fourth-order valence-electron chi connectivity index (χ4n) is 16.4. The molecule has 10 N–H and O–H groups in total. The number of nitrogens with zero attached hydrogens (tertiary/aromatic N) is 24. The third-order valence-corrected chi connectivity index (χ3v) is 27.0.